The van der Waals surface area contributed by atoms with Gasteiger partial charge in [-0.2, -0.15) is 10.1 Å². The number of nitrogens with zero attached hydrogens (tertiary/aromatic N) is 4. The molecule has 1 aliphatic heterocycles. The van der Waals surface area contributed by atoms with Crippen molar-refractivity contribution in [2.45, 2.75) is 50.6 Å². The standard InChI is InChI=1S/C21H22N6O3/c28-17-10-11-18(29)26(17)14-8-6-13(7-9-14)23-21-24-19-16(20(30)25-21)12-22-27(19)15-4-2-1-3-5-15/h1-5,12-14H,6-11H2,(H2,23,24,25,30). The third-order valence-corrected chi connectivity index (χ3v) is 5.93. The molecule has 154 valence electrons. The van der Waals surface area contributed by atoms with E-state index in [0.717, 1.165) is 31.4 Å². The van der Waals surface area contributed by atoms with Crippen LogP contribution >= 0.6 is 0 Å². The Hall–Kier alpha value is -3.49. The van der Waals surface area contributed by atoms with Crippen LogP contribution in [-0.4, -0.2) is 48.5 Å². The molecule has 1 aromatic carbocycles. The molecule has 0 atom stereocenters. The fourth-order valence-corrected chi connectivity index (χ4v) is 4.42. The molecule has 3 heterocycles. The van der Waals surface area contributed by atoms with Crippen molar-refractivity contribution in [2.75, 3.05) is 5.32 Å². The van der Waals surface area contributed by atoms with Crippen molar-refractivity contribution < 1.29 is 9.59 Å². The first kappa shape index (κ1) is 18.5. The summed E-state index contributed by atoms with van der Waals surface area (Å²) < 4.78 is 1.65. The first-order valence-corrected chi connectivity index (χ1v) is 10.2. The van der Waals surface area contributed by atoms with E-state index in [-0.39, 0.29) is 29.5 Å². The van der Waals surface area contributed by atoms with Crippen molar-refractivity contribution in [3.05, 3.63) is 46.9 Å². The number of nitrogens with one attached hydrogen (secondary N) is 2. The summed E-state index contributed by atoms with van der Waals surface area (Å²) in [5, 5.41) is 8.07. The van der Waals surface area contributed by atoms with Gasteiger partial charge in [-0.05, 0) is 37.8 Å². The third-order valence-electron chi connectivity index (χ3n) is 5.93. The molecule has 2 amide bonds. The van der Waals surface area contributed by atoms with E-state index in [2.05, 4.69) is 20.4 Å². The van der Waals surface area contributed by atoms with E-state index in [1.54, 1.807) is 4.68 Å². The van der Waals surface area contributed by atoms with E-state index in [4.69, 9.17) is 0 Å². The van der Waals surface area contributed by atoms with Crippen LogP contribution in [0.25, 0.3) is 16.7 Å². The van der Waals surface area contributed by atoms with Gasteiger partial charge in [0.25, 0.3) is 5.56 Å². The number of aromatic amines is 1. The lowest BCUT2D eigenvalue weighted by Gasteiger charge is -2.33. The number of fused-ring (bicyclic) bond motifs is 1. The normalized spacial score (nSPS) is 22.1. The SMILES string of the molecule is O=C1CCC(=O)N1C1CCC(Nc2nc3c(cnn3-c3ccccc3)c(=O)[nH]2)CC1. The molecular weight excluding hydrogens is 384 g/mol. The van der Waals surface area contributed by atoms with Crippen LogP contribution in [-0.2, 0) is 9.59 Å². The van der Waals surface area contributed by atoms with E-state index in [9.17, 15) is 14.4 Å². The lowest BCUT2D eigenvalue weighted by molar-refractivity contribution is -0.141. The highest BCUT2D eigenvalue weighted by Crippen LogP contribution is 2.28. The molecule has 1 saturated carbocycles. The summed E-state index contributed by atoms with van der Waals surface area (Å²) in [5.41, 5.74) is 1.08. The second kappa shape index (κ2) is 7.40. The minimum absolute atomic E-state index is 0.0143. The number of carbonyl (C=O) groups excluding carboxylic acids is 2. The smallest absolute Gasteiger partial charge is 0.263 e. The Morgan fingerprint density at radius 1 is 0.967 bits per heavy atom. The number of para-hydroxylation sites is 1. The van der Waals surface area contributed by atoms with Crippen LogP contribution in [0.1, 0.15) is 38.5 Å². The average Bonchev–Trinajstić information content (AvgIpc) is 3.33. The number of rotatable bonds is 4. The highest BCUT2D eigenvalue weighted by atomic mass is 16.2. The van der Waals surface area contributed by atoms with E-state index in [1.165, 1.54) is 11.1 Å². The molecule has 2 fully saturated rings. The molecule has 5 rings (SSSR count). The lowest BCUT2D eigenvalue weighted by Crippen LogP contribution is -2.43. The molecule has 2 N–H and O–H groups in total. The zero-order valence-corrected chi connectivity index (χ0v) is 16.4. The Labute approximate surface area is 172 Å². The number of hydrogen-bond acceptors (Lipinski definition) is 6. The Morgan fingerprint density at radius 3 is 2.37 bits per heavy atom. The van der Waals surface area contributed by atoms with Crippen molar-refractivity contribution in [1.29, 1.82) is 0 Å². The maximum Gasteiger partial charge on any atom is 0.263 e. The highest BCUT2D eigenvalue weighted by Gasteiger charge is 2.36. The third kappa shape index (κ3) is 3.26. The van der Waals surface area contributed by atoms with E-state index in [0.29, 0.717) is 29.8 Å². The van der Waals surface area contributed by atoms with Gasteiger partial charge in [0.1, 0.15) is 5.39 Å². The van der Waals surface area contributed by atoms with Gasteiger partial charge in [0.05, 0.1) is 11.9 Å². The number of carbonyl (C=O) groups is 2. The number of H-pyrrole nitrogens is 1. The second-order valence-corrected chi connectivity index (χ2v) is 7.85. The second-order valence-electron chi connectivity index (χ2n) is 7.85. The largest absolute Gasteiger partial charge is 0.353 e. The van der Waals surface area contributed by atoms with E-state index < -0.39 is 0 Å². The van der Waals surface area contributed by atoms with Crippen molar-refractivity contribution in [3.63, 3.8) is 0 Å². The van der Waals surface area contributed by atoms with Gasteiger partial charge < -0.3 is 5.32 Å². The number of aromatic nitrogens is 4. The maximum absolute atomic E-state index is 12.5. The van der Waals surface area contributed by atoms with Crippen LogP contribution < -0.4 is 10.9 Å². The molecule has 30 heavy (non-hydrogen) atoms. The minimum Gasteiger partial charge on any atom is -0.353 e. The summed E-state index contributed by atoms with van der Waals surface area (Å²) in [6.45, 7) is 0. The maximum atomic E-state index is 12.5. The molecule has 2 aliphatic rings. The molecule has 1 aliphatic carbocycles. The Bertz CT molecular complexity index is 1140. The number of hydrogen-bond donors (Lipinski definition) is 2. The van der Waals surface area contributed by atoms with Crippen LogP contribution in [0.2, 0.25) is 0 Å². The highest BCUT2D eigenvalue weighted by molar-refractivity contribution is 6.02. The Kier molecular flexibility index (Phi) is 4.57. The van der Waals surface area contributed by atoms with Gasteiger partial charge in [-0.3, -0.25) is 24.3 Å². The summed E-state index contributed by atoms with van der Waals surface area (Å²) in [6, 6.07) is 9.65. The molecule has 0 spiro atoms. The van der Waals surface area contributed by atoms with Crippen LogP contribution in [0, 0.1) is 0 Å². The first-order chi connectivity index (χ1) is 14.6. The van der Waals surface area contributed by atoms with Gasteiger partial charge >= 0.3 is 0 Å². The van der Waals surface area contributed by atoms with E-state index in [1.807, 2.05) is 30.3 Å². The molecule has 0 radical (unpaired) electrons. The fraction of sp³-hybridized carbons (Fsp3) is 0.381. The van der Waals surface area contributed by atoms with Crippen molar-refractivity contribution in [2.24, 2.45) is 0 Å². The van der Waals surface area contributed by atoms with Gasteiger partial charge in [-0.15, -0.1) is 0 Å². The van der Waals surface area contributed by atoms with Gasteiger partial charge in [-0.25, -0.2) is 4.68 Å². The molecule has 1 saturated heterocycles. The van der Waals surface area contributed by atoms with Crippen LogP contribution in [0.15, 0.2) is 41.3 Å². The van der Waals surface area contributed by atoms with Crippen LogP contribution in [0.4, 0.5) is 5.95 Å². The van der Waals surface area contributed by atoms with Gasteiger partial charge in [0.2, 0.25) is 17.8 Å². The van der Waals surface area contributed by atoms with Crippen molar-refractivity contribution in [3.8, 4) is 5.69 Å². The summed E-state index contributed by atoms with van der Waals surface area (Å²) in [6.07, 6.45) is 5.28. The zero-order chi connectivity index (χ0) is 20.7. The quantitative estimate of drug-likeness (QED) is 0.641. The van der Waals surface area contributed by atoms with Gasteiger partial charge in [-0.1, -0.05) is 18.2 Å². The number of anilines is 1. The number of imide groups is 1. The monoisotopic (exact) mass is 406 g/mol. The van der Waals surface area contributed by atoms with Crippen LogP contribution in [0.5, 0.6) is 0 Å². The molecule has 0 bridgehead atoms. The molecule has 0 unspecified atom stereocenters. The Morgan fingerprint density at radius 2 is 1.67 bits per heavy atom. The predicted octanol–water partition coefficient (Wildman–Crippen LogP) is 1.98. The molecule has 3 aromatic rings. The predicted molar refractivity (Wildman–Crippen MR) is 110 cm³/mol. The fourth-order valence-electron chi connectivity index (χ4n) is 4.42. The summed E-state index contributed by atoms with van der Waals surface area (Å²) in [4.78, 5) is 45.3. The first-order valence-electron chi connectivity index (χ1n) is 10.2. The molecule has 9 nitrogen and oxygen atoms in total. The van der Waals surface area contributed by atoms with Gasteiger partial charge in [0, 0.05) is 24.9 Å². The van der Waals surface area contributed by atoms with Crippen LogP contribution in [0.3, 0.4) is 0 Å². The summed E-state index contributed by atoms with van der Waals surface area (Å²) in [5.74, 6) is 0.297. The lowest BCUT2D eigenvalue weighted by atomic mass is 9.90. The van der Waals surface area contributed by atoms with Crippen molar-refractivity contribution in [1.82, 2.24) is 24.6 Å². The average molecular weight is 406 g/mol. The summed E-state index contributed by atoms with van der Waals surface area (Å²) >= 11 is 0. The number of amides is 2. The van der Waals surface area contributed by atoms with E-state index >= 15 is 0 Å². The van der Waals surface area contributed by atoms with Crippen molar-refractivity contribution >= 4 is 28.8 Å². The molecule has 2 aromatic heterocycles. The summed E-state index contributed by atoms with van der Waals surface area (Å²) in [7, 11) is 0. The zero-order valence-electron chi connectivity index (χ0n) is 16.4. The minimum atomic E-state index is -0.244. The molecular formula is C21H22N6O3. The number of likely N-dealkylation sites (tertiary alicyclic amines) is 1. The molecule has 9 heteroatoms. The topological polar surface area (TPSA) is 113 Å². The number of benzene rings is 1. The van der Waals surface area contributed by atoms with Gasteiger partial charge in [0.15, 0.2) is 5.65 Å². The Balaban J connectivity index is 1.33.